The second-order valence-corrected chi connectivity index (χ2v) is 11.1. The molecule has 1 aliphatic heterocycles. The Balaban J connectivity index is 1.40. The first-order chi connectivity index (χ1) is 14.9. The maximum absolute atomic E-state index is 11.3. The first kappa shape index (κ1) is 22.1. The van der Waals surface area contributed by atoms with Gasteiger partial charge in [0.25, 0.3) is 0 Å². The van der Waals surface area contributed by atoms with Gasteiger partial charge in [-0.2, -0.15) is 0 Å². The summed E-state index contributed by atoms with van der Waals surface area (Å²) < 4.78 is 22.7. The summed E-state index contributed by atoms with van der Waals surface area (Å²) in [6.07, 6.45) is 10.8. The van der Waals surface area contributed by atoms with Gasteiger partial charge in [0.05, 0.1) is 25.4 Å². The van der Waals surface area contributed by atoms with Crippen LogP contribution in [0, 0.1) is 34.5 Å². The highest BCUT2D eigenvalue weighted by Crippen LogP contribution is 2.66. The molecular formula is C26H40O5. The maximum Gasteiger partial charge on any atom is 0.160 e. The third kappa shape index (κ3) is 3.38. The van der Waals surface area contributed by atoms with E-state index >= 15 is 0 Å². The van der Waals surface area contributed by atoms with Gasteiger partial charge in [-0.1, -0.05) is 44.1 Å². The van der Waals surface area contributed by atoms with Gasteiger partial charge in [0.2, 0.25) is 0 Å². The van der Waals surface area contributed by atoms with Crippen molar-refractivity contribution in [3.05, 3.63) is 23.3 Å². The van der Waals surface area contributed by atoms with Crippen LogP contribution < -0.4 is 0 Å². The monoisotopic (exact) mass is 432 g/mol. The van der Waals surface area contributed by atoms with E-state index in [1.807, 2.05) is 0 Å². The number of rotatable bonds is 5. The maximum atomic E-state index is 11.3. The van der Waals surface area contributed by atoms with Crippen molar-refractivity contribution in [2.75, 3.05) is 27.1 Å². The van der Waals surface area contributed by atoms with Crippen molar-refractivity contribution >= 4 is 0 Å². The predicted molar refractivity (Wildman–Crippen MR) is 118 cm³/mol. The van der Waals surface area contributed by atoms with E-state index in [9.17, 15) is 5.11 Å². The first-order valence-electron chi connectivity index (χ1n) is 12.3. The minimum absolute atomic E-state index is 0.0353. The summed E-state index contributed by atoms with van der Waals surface area (Å²) in [5.74, 6) is 2.10. The zero-order chi connectivity index (χ0) is 21.8. The van der Waals surface area contributed by atoms with E-state index in [2.05, 4.69) is 32.9 Å². The van der Waals surface area contributed by atoms with Gasteiger partial charge < -0.3 is 24.1 Å². The van der Waals surface area contributed by atoms with Gasteiger partial charge in [-0.15, -0.1) is 0 Å². The standard InChI is InChI=1S/C26H40O5/c1-16(24-29-11-12-30-24)20-7-8-21-19-6-5-17-13-18(31-15-28-4)14-23(27)26(17,3)22(19)9-10-25(20,21)2/h5-6,16,18,20-24,27H,7-15H2,1-4H3/t16?,18-,20-,21+,22+,23+,25-,26+/m1/s1. The van der Waals surface area contributed by atoms with Gasteiger partial charge in [0, 0.05) is 24.9 Å². The number of methoxy groups -OCH3 is 1. The molecule has 0 aromatic rings. The summed E-state index contributed by atoms with van der Waals surface area (Å²) >= 11 is 0. The number of hydrogen-bond donors (Lipinski definition) is 1. The van der Waals surface area contributed by atoms with E-state index in [0.717, 1.165) is 26.1 Å². The predicted octanol–water partition coefficient (Wildman–Crippen LogP) is 4.45. The van der Waals surface area contributed by atoms with E-state index in [1.165, 1.54) is 24.8 Å². The Bertz CT molecular complexity index is 740. The Morgan fingerprint density at radius 2 is 1.90 bits per heavy atom. The van der Waals surface area contributed by atoms with Crippen LogP contribution in [-0.4, -0.2) is 50.7 Å². The molecule has 4 aliphatic carbocycles. The van der Waals surface area contributed by atoms with E-state index in [4.69, 9.17) is 18.9 Å². The normalized spacial score (nSPS) is 46.0. The number of fused-ring (bicyclic) bond motifs is 5. The zero-order valence-electron chi connectivity index (χ0n) is 19.6. The highest BCUT2D eigenvalue weighted by atomic mass is 16.7. The number of hydrogen-bond acceptors (Lipinski definition) is 5. The molecule has 0 aromatic carbocycles. The molecule has 8 atom stereocenters. The number of allylic oxidation sites excluding steroid dienone is 3. The van der Waals surface area contributed by atoms with E-state index in [1.54, 1.807) is 12.7 Å². The smallest absolute Gasteiger partial charge is 0.160 e. The molecule has 0 radical (unpaired) electrons. The lowest BCUT2D eigenvalue weighted by Gasteiger charge is -2.56. The average Bonchev–Trinajstić information content (AvgIpc) is 3.40. The lowest BCUT2D eigenvalue weighted by Crippen LogP contribution is -2.53. The summed E-state index contributed by atoms with van der Waals surface area (Å²) in [4.78, 5) is 0. The second-order valence-electron chi connectivity index (χ2n) is 11.1. The van der Waals surface area contributed by atoms with Crippen LogP contribution in [0.1, 0.15) is 59.3 Å². The van der Waals surface area contributed by atoms with E-state index in [-0.39, 0.29) is 23.9 Å². The molecule has 1 saturated heterocycles. The van der Waals surface area contributed by atoms with Crippen molar-refractivity contribution in [2.24, 2.45) is 34.5 Å². The van der Waals surface area contributed by atoms with Crippen LogP contribution in [0.5, 0.6) is 0 Å². The van der Waals surface area contributed by atoms with Crippen LogP contribution in [-0.2, 0) is 18.9 Å². The Kier molecular flexibility index (Phi) is 5.88. The Labute approximate surface area is 187 Å². The summed E-state index contributed by atoms with van der Waals surface area (Å²) in [6.45, 7) is 8.92. The fourth-order valence-electron chi connectivity index (χ4n) is 8.10. The van der Waals surface area contributed by atoms with Crippen molar-refractivity contribution in [3.63, 3.8) is 0 Å². The fraction of sp³-hybridized carbons (Fsp3) is 0.846. The molecule has 5 aliphatic rings. The summed E-state index contributed by atoms with van der Waals surface area (Å²) in [6, 6.07) is 0. The minimum atomic E-state index is -0.371. The van der Waals surface area contributed by atoms with Crippen LogP contribution in [0.2, 0.25) is 0 Å². The molecule has 0 bridgehead atoms. The van der Waals surface area contributed by atoms with Crippen LogP contribution >= 0.6 is 0 Å². The van der Waals surface area contributed by atoms with Crippen LogP contribution in [0.25, 0.3) is 0 Å². The Hall–Kier alpha value is -0.720. The molecule has 0 amide bonds. The molecule has 1 heterocycles. The van der Waals surface area contributed by atoms with Crippen LogP contribution in [0.3, 0.4) is 0 Å². The molecule has 31 heavy (non-hydrogen) atoms. The van der Waals surface area contributed by atoms with Crippen molar-refractivity contribution < 1.29 is 24.1 Å². The Morgan fingerprint density at radius 3 is 2.65 bits per heavy atom. The van der Waals surface area contributed by atoms with Crippen molar-refractivity contribution in [3.8, 4) is 0 Å². The van der Waals surface area contributed by atoms with Gasteiger partial charge in [0.15, 0.2) is 6.29 Å². The van der Waals surface area contributed by atoms with Crippen LogP contribution in [0.4, 0.5) is 0 Å². The summed E-state index contributed by atoms with van der Waals surface area (Å²) in [5, 5.41) is 11.3. The van der Waals surface area contributed by atoms with E-state index < -0.39 is 0 Å². The number of aliphatic hydroxyl groups is 1. The molecule has 0 aromatic heterocycles. The number of ether oxygens (including phenoxy) is 4. The summed E-state index contributed by atoms with van der Waals surface area (Å²) in [5.41, 5.74) is 3.08. The first-order valence-corrected chi connectivity index (χ1v) is 12.3. The topological polar surface area (TPSA) is 57.2 Å². The van der Waals surface area contributed by atoms with Gasteiger partial charge >= 0.3 is 0 Å². The molecule has 4 fully saturated rings. The van der Waals surface area contributed by atoms with Crippen molar-refractivity contribution in [1.82, 2.24) is 0 Å². The SMILES string of the molecule is COCO[C@@H]1CC2=CC=C3[C@@H]4CC[C@H](C(C)C5OCCO5)[C@@]4(C)CC[C@@H]3[C@@]2(C)[C@@H](O)C1. The average molecular weight is 433 g/mol. The molecule has 3 saturated carbocycles. The van der Waals surface area contributed by atoms with Crippen LogP contribution in [0.15, 0.2) is 23.3 Å². The molecule has 5 heteroatoms. The minimum Gasteiger partial charge on any atom is -0.392 e. The van der Waals surface area contributed by atoms with E-state index in [0.29, 0.717) is 42.3 Å². The third-order valence-corrected chi connectivity index (χ3v) is 9.84. The van der Waals surface area contributed by atoms with Crippen molar-refractivity contribution in [1.29, 1.82) is 0 Å². The Morgan fingerprint density at radius 1 is 1.13 bits per heavy atom. The lowest BCUT2D eigenvalue weighted by atomic mass is 9.49. The van der Waals surface area contributed by atoms with Gasteiger partial charge in [-0.3, -0.25) is 0 Å². The third-order valence-electron chi connectivity index (χ3n) is 9.84. The quantitative estimate of drug-likeness (QED) is 0.650. The van der Waals surface area contributed by atoms with Crippen molar-refractivity contribution in [2.45, 2.75) is 77.8 Å². The van der Waals surface area contributed by atoms with Gasteiger partial charge in [-0.05, 0) is 55.3 Å². The highest BCUT2D eigenvalue weighted by molar-refractivity contribution is 5.40. The molecule has 5 rings (SSSR count). The second kappa shape index (κ2) is 8.25. The molecular weight excluding hydrogens is 392 g/mol. The highest BCUT2D eigenvalue weighted by Gasteiger charge is 2.59. The summed E-state index contributed by atoms with van der Waals surface area (Å²) in [7, 11) is 1.65. The fourth-order valence-corrected chi connectivity index (χ4v) is 8.10. The molecule has 0 spiro atoms. The largest absolute Gasteiger partial charge is 0.392 e. The zero-order valence-corrected chi connectivity index (χ0v) is 19.6. The lowest BCUT2D eigenvalue weighted by molar-refractivity contribution is -0.122. The number of aliphatic hydroxyl groups excluding tert-OH is 1. The molecule has 174 valence electrons. The van der Waals surface area contributed by atoms with Gasteiger partial charge in [0.1, 0.15) is 6.79 Å². The molecule has 1 N–H and O–H groups in total. The molecule has 5 nitrogen and oxygen atoms in total. The van der Waals surface area contributed by atoms with Gasteiger partial charge in [-0.25, -0.2) is 0 Å². The molecule has 1 unspecified atom stereocenters.